The predicted molar refractivity (Wildman–Crippen MR) is 70.1 cm³/mol. The second kappa shape index (κ2) is 5.72. The lowest BCUT2D eigenvalue weighted by Gasteiger charge is -2.33. The molecule has 0 amide bonds. The van der Waals surface area contributed by atoms with Crippen LogP contribution in [0.5, 0.6) is 5.88 Å². The van der Waals surface area contributed by atoms with Crippen LogP contribution >= 0.6 is 0 Å². The molecule has 0 bridgehead atoms. The van der Waals surface area contributed by atoms with Crippen LogP contribution in [0.1, 0.15) is 19.3 Å². The SMILES string of the molecule is COc1ccc([N+](=O)[O-])c(N2CCCCC2C(=O)O)n1. The molecule has 1 aromatic rings. The summed E-state index contributed by atoms with van der Waals surface area (Å²) in [4.78, 5) is 27.4. The average Bonchev–Trinajstić information content (AvgIpc) is 2.46. The number of pyridine rings is 1. The Bertz CT molecular complexity index is 534. The summed E-state index contributed by atoms with van der Waals surface area (Å²) in [7, 11) is 1.41. The number of carboxylic acids is 1. The standard InChI is InChI=1S/C12H15N3O5/c1-20-10-6-5-8(15(18)19)11(13-10)14-7-3-2-4-9(14)12(16)17/h5-6,9H,2-4,7H2,1H3,(H,16,17). The largest absolute Gasteiger partial charge is 0.481 e. The van der Waals surface area contributed by atoms with E-state index >= 15 is 0 Å². The normalized spacial score (nSPS) is 18.6. The Kier molecular flexibility index (Phi) is 4.02. The van der Waals surface area contributed by atoms with Crippen LogP contribution in [-0.2, 0) is 4.79 Å². The Morgan fingerprint density at radius 1 is 1.55 bits per heavy atom. The third-order valence-corrected chi connectivity index (χ3v) is 3.29. The van der Waals surface area contributed by atoms with Gasteiger partial charge in [0.05, 0.1) is 12.0 Å². The summed E-state index contributed by atoms with van der Waals surface area (Å²) >= 11 is 0. The van der Waals surface area contributed by atoms with E-state index in [1.165, 1.54) is 24.1 Å². The van der Waals surface area contributed by atoms with Gasteiger partial charge in [-0.1, -0.05) is 0 Å². The first-order valence-corrected chi connectivity index (χ1v) is 6.23. The maximum absolute atomic E-state index is 11.3. The van der Waals surface area contributed by atoms with Crippen molar-refractivity contribution >= 4 is 17.5 Å². The number of aromatic nitrogens is 1. The number of ether oxygens (including phenoxy) is 1. The van der Waals surface area contributed by atoms with Crippen LogP contribution in [0.2, 0.25) is 0 Å². The van der Waals surface area contributed by atoms with Gasteiger partial charge in [0.2, 0.25) is 11.7 Å². The summed E-state index contributed by atoms with van der Waals surface area (Å²) in [6.45, 7) is 0.429. The summed E-state index contributed by atoms with van der Waals surface area (Å²) in [5.41, 5.74) is -0.209. The van der Waals surface area contributed by atoms with E-state index < -0.39 is 16.9 Å². The van der Waals surface area contributed by atoms with Crippen molar-refractivity contribution in [1.82, 2.24) is 4.98 Å². The third kappa shape index (κ3) is 2.63. The van der Waals surface area contributed by atoms with Crippen LogP contribution in [0.25, 0.3) is 0 Å². The minimum Gasteiger partial charge on any atom is -0.481 e. The molecule has 2 rings (SSSR count). The van der Waals surface area contributed by atoms with Crippen LogP contribution in [0.15, 0.2) is 12.1 Å². The summed E-state index contributed by atoms with van der Waals surface area (Å²) in [5, 5.41) is 20.3. The van der Waals surface area contributed by atoms with Crippen molar-refractivity contribution in [2.45, 2.75) is 25.3 Å². The number of aliphatic carboxylic acids is 1. The van der Waals surface area contributed by atoms with E-state index in [1.807, 2.05) is 0 Å². The molecule has 0 aliphatic carbocycles. The molecule has 1 unspecified atom stereocenters. The Balaban J connectivity index is 2.47. The lowest BCUT2D eigenvalue weighted by molar-refractivity contribution is -0.384. The van der Waals surface area contributed by atoms with Gasteiger partial charge >= 0.3 is 11.7 Å². The number of hydrogen-bond donors (Lipinski definition) is 1. The number of carbonyl (C=O) groups is 1. The minimum atomic E-state index is -0.997. The van der Waals surface area contributed by atoms with Crippen molar-refractivity contribution < 1.29 is 19.6 Å². The van der Waals surface area contributed by atoms with E-state index in [0.717, 1.165) is 12.8 Å². The zero-order valence-electron chi connectivity index (χ0n) is 11.0. The van der Waals surface area contributed by atoms with Crippen molar-refractivity contribution in [2.75, 3.05) is 18.6 Å². The fourth-order valence-electron chi connectivity index (χ4n) is 2.33. The molecule has 2 heterocycles. The molecule has 1 aromatic heterocycles. The molecule has 8 nitrogen and oxygen atoms in total. The van der Waals surface area contributed by atoms with Crippen molar-refractivity contribution in [1.29, 1.82) is 0 Å². The number of nitro groups is 1. The molecule has 0 spiro atoms. The molecule has 0 saturated carbocycles. The first kappa shape index (κ1) is 14.0. The highest BCUT2D eigenvalue weighted by molar-refractivity contribution is 5.79. The van der Waals surface area contributed by atoms with Gasteiger partial charge in [-0.25, -0.2) is 4.79 Å². The third-order valence-electron chi connectivity index (χ3n) is 3.29. The highest BCUT2D eigenvalue weighted by Gasteiger charge is 2.33. The van der Waals surface area contributed by atoms with Crippen LogP contribution in [-0.4, -0.2) is 40.7 Å². The number of nitrogens with zero attached hydrogens (tertiary/aromatic N) is 3. The first-order valence-electron chi connectivity index (χ1n) is 6.23. The Labute approximate surface area is 115 Å². The molecular weight excluding hydrogens is 266 g/mol. The van der Waals surface area contributed by atoms with Gasteiger partial charge < -0.3 is 14.7 Å². The molecule has 1 aliphatic heterocycles. The number of methoxy groups -OCH3 is 1. The van der Waals surface area contributed by atoms with Crippen LogP contribution < -0.4 is 9.64 Å². The van der Waals surface area contributed by atoms with E-state index in [9.17, 15) is 20.0 Å². The minimum absolute atomic E-state index is 0.0569. The van der Waals surface area contributed by atoms with Gasteiger partial charge in [-0.05, 0) is 19.3 Å². The molecular formula is C12H15N3O5. The molecule has 0 aromatic carbocycles. The summed E-state index contributed by atoms with van der Waals surface area (Å²) in [6, 6.07) is 1.89. The molecule has 1 saturated heterocycles. The lowest BCUT2D eigenvalue weighted by Crippen LogP contribution is -2.45. The molecule has 8 heteroatoms. The van der Waals surface area contributed by atoms with Crippen LogP contribution in [0, 0.1) is 10.1 Å². The average molecular weight is 281 g/mol. The molecule has 20 heavy (non-hydrogen) atoms. The molecule has 108 valence electrons. The van der Waals surface area contributed by atoms with Crippen molar-refractivity contribution in [3.05, 3.63) is 22.2 Å². The van der Waals surface area contributed by atoms with Gasteiger partial charge in [0.15, 0.2) is 0 Å². The summed E-state index contributed by atoms with van der Waals surface area (Å²) in [6.07, 6.45) is 2.01. The van der Waals surface area contributed by atoms with E-state index in [0.29, 0.717) is 13.0 Å². The lowest BCUT2D eigenvalue weighted by atomic mass is 10.0. The molecule has 1 fully saturated rings. The van der Waals surface area contributed by atoms with Gasteiger partial charge in [-0.15, -0.1) is 0 Å². The quantitative estimate of drug-likeness (QED) is 0.657. The fraction of sp³-hybridized carbons (Fsp3) is 0.500. The number of carboxylic acid groups (broad SMARTS) is 1. The van der Waals surface area contributed by atoms with Gasteiger partial charge in [0.25, 0.3) is 0 Å². The molecule has 1 atom stereocenters. The van der Waals surface area contributed by atoms with E-state index in [-0.39, 0.29) is 17.4 Å². The van der Waals surface area contributed by atoms with Gasteiger partial charge in [-0.2, -0.15) is 4.98 Å². The highest BCUT2D eigenvalue weighted by Crippen LogP contribution is 2.32. The number of piperidine rings is 1. The summed E-state index contributed by atoms with van der Waals surface area (Å²) in [5.74, 6) is -0.717. The number of hydrogen-bond acceptors (Lipinski definition) is 6. The Morgan fingerprint density at radius 3 is 2.90 bits per heavy atom. The number of anilines is 1. The molecule has 1 N–H and O–H groups in total. The molecule has 0 radical (unpaired) electrons. The molecule has 1 aliphatic rings. The smallest absolute Gasteiger partial charge is 0.326 e. The topological polar surface area (TPSA) is 106 Å². The Hall–Kier alpha value is -2.38. The van der Waals surface area contributed by atoms with Crippen molar-refractivity contribution in [3.63, 3.8) is 0 Å². The predicted octanol–water partition coefficient (Wildman–Crippen LogP) is 1.44. The summed E-state index contributed by atoms with van der Waals surface area (Å²) < 4.78 is 4.97. The van der Waals surface area contributed by atoms with E-state index in [2.05, 4.69) is 4.98 Å². The maximum atomic E-state index is 11.3. The van der Waals surface area contributed by atoms with E-state index in [4.69, 9.17) is 4.74 Å². The van der Waals surface area contributed by atoms with Gasteiger partial charge in [0, 0.05) is 18.7 Å². The van der Waals surface area contributed by atoms with Crippen LogP contribution in [0.3, 0.4) is 0 Å². The van der Waals surface area contributed by atoms with E-state index in [1.54, 1.807) is 0 Å². The highest BCUT2D eigenvalue weighted by atomic mass is 16.6. The zero-order chi connectivity index (χ0) is 14.7. The first-order chi connectivity index (χ1) is 9.54. The second-order valence-corrected chi connectivity index (χ2v) is 4.50. The van der Waals surface area contributed by atoms with Crippen molar-refractivity contribution in [3.8, 4) is 5.88 Å². The maximum Gasteiger partial charge on any atom is 0.326 e. The number of rotatable bonds is 4. The van der Waals surface area contributed by atoms with Crippen LogP contribution in [0.4, 0.5) is 11.5 Å². The Morgan fingerprint density at radius 2 is 2.30 bits per heavy atom. The zero-order valence-corrected chi connectivity index (χ0v) is 11.0. The fourth-order valence-corrected chi connectivity index (χ4v) is 2.33. The monoisotopic (exact) mass is 281 g/mol. The van der Waals surface area contributed by atoms with Gasteiger partial charge in [-0.3, -0.25) is 10.1 Å². The second-order valence-electron chi connectivity index (χ2n) is 4.50. The van der Waals surface area contributed by atoms with Crippen molar-refractivity contribution in [2.24, 2.45) is 0 Å². The van der Waals surface area contributed by atoms with Gasteiger partial charge in [0.1, 0.15) is 6.04 Å².